The maximum absolute atomic E-state index is 13.5. The Labute approximate surface area is 102 Å². The van der Waals surface area contributed by atoms with Crippen molar-refractivity contribution in [2.45, 2.75) is 5.38 Å². The number of benzene rings is 1. The Morgan fingerprint density at radius 2 is 2.06 bits per heavy atom. The number of methoxy groups -OCH3 is 1. The Balaban J connectivity index is 3.32. The summed E-state index contributed by atoms with van der Waals surface area (Å²) in [7, 11) is 1.15. The van der Waals surface area contributed by atoms with Crippen LogP contribution < -0.4 is 4.74 Å². The molecule has 16 heavy (non-hydrogen) atoms. The molecule has 88 valence electrons. The van der Waals surface area contributed by atoms with E-state index in [-0.39, 0.29) is 10.2 Å². The van der Waals surface area contributed by atoms with Crippen molar-refractivity contribution in [1.29, 1.82) is 0 Å². The average molecular weight is 317 g/mol. The summed E-state index contributed by atoms with van der Waals surface area (Å²) in [5.41, 5.74) is -0.819. The molecule has 0 unspecified atom stereocenters. The van der Waals surface area contributed by atoms with E-state index in [9.17, 15) is 18.0 Å². The Kier molecular flexibility index (Phi) is 3.85. The monoisotopic (exact) mass is 316 g/mol. The fourth-order valence-electron chi connectivity index (χ4n) is 1.05. The first-order valence-electron chi connectivity index (χ1n) is 3.92. The second-order valence-corrected chi connectivity index (χ2v) is 4.10. The average Bonchev–Trinajstić information content (AvgIpc) is 2.16. The van der Waals surface area contributed by atoms with Crippen molar-refractivity contribution < 1.29 is 22.7 Å². The molecule has 0 bridgehead atoms. The summed E-state index contributed by atoms with van der Waals surface area (Å²) in [5, 5.41) is -4.14. The van der Waals surface area contributed by atoms with Crippen molar-refractivity contribution >= 4 is 33.3 Å². The Hall–Kier alpha value is -0.750. The number of halogens is 5. The number of rotatable bonds is 3. The van der Waals surface area contributed by atoms with Crippen LogP contribution in [0.1, 0.15) is 10.4 Å². The maximum atomic E-state index is 13.5. The van der Waals surface area contributed by atoms with E-state index in [2.05, 4.69) is 32.3 Å². The lowest BCUT2D eigenvalue weighted by Crippen LogP contribution is -2.22. The molecule has 1 aromatic carbocycles. The van der Waals surface area contributed by atoms with E-state index >= 15 is 0 Å². The molecule has 0 spiro atoms. The summed E-state index contributed by atoms with van der Waals surface area (Å²) in [5.74, 6) is -3.31. The van der Waals surface area contributed by atoms with Crippen molar-refractivity contribution in [3.05, 3.63) is 28.0 Å². The minimum atomic E-state index is -4.14. The van der Waals surface area contributed by atoms with Crippen LogP contribution in [0.2, 0.25) is 0 Å². The molecule has 0 atom stereocenters. The minimum absolute atomic E-state index is 0.210. The van der Waals surface area contributed by atoms with Gasteiger partial charge in [-0.1, -0.05) is 0 Å². The smallest absolute Gasteiger partial charge is 0.385 e. The van der Waals surface area contributed by atoms with E-state index in [1.807, 2.05) is 0 Å². The standard InChI is InChI=1S/C9H5BrClF3O2/c1-16-7-5(10)3-2-4(6(7)12)8(15)9(11,13)14/h2-3H,1H3. The van der Waals surface area contributed by atoms with Gasteiger partial charge in [0.25, 0.3) is 5.78 Å². The second kappa shape index (κ2) is 4.63. The lowest BCUT2D eigenvalue weighted by molar-refractivity contribution is 0.0531. The molecule has 0 aromatic heterocycles. The van der Waals surface area contributed by atoms with Gasteiger partial charge in [0.05, 0.1) is 17.1 Å². The highest BCUT2D eigenvalue weighted by molar-refractivity contribution is 9.10. The van der Waals surface area contributed by atoms with Crippen molar-refractivity contribution in [2.75, 3.05) is 7.11 Å². The molecule has 0 aliphatic carbocycles. The summed E-state index contributed by atoms with van der Waals surface area (Å²) < 4.78 is 43.4. The highest BCUT2D eigenvalue weighted by Crippen LogP contribution is 2.33. The van der Waals surface area contributed by atoms with Crippen LogP contribution in [0.5, 0.6) is 5.75 Å². The molecular formula is C9H5BrClF3O2. The summed E-state index contributed by atoms with van der Waals surface area (Å²) in [6.07, 6.45) is 0. The van der Waals surface area contributed by atoms with E-state index in [1.165, 1.54) is 6.07 Å². The van der Waals surface area contributed by atoms with Gasteiger partial charge in [-0.2, -0.15) is 8.78 Å². The summed E-state index contributed by atoms with van der Waals surface area (Å²) >= 11 is 7.47. The first-order chi connectivity index (χ1) is 7.29. The van der Waals surface area contributed by atoms with Gasteiger partial charge < -0.3 is 4.74 Å². The normalized spacial score (nSPS) is 11.4. The van der Waals surface area contributed by atoms with Crippen LogP contribution in [0, 0.1) is 5.82 Å². The molecule has 0 amide bonds. The molecule has 1 aromatic rings. The van der Waals surface area contributed by atoms with Gasteiger partial charge in [0.1, 0.15) is 0 Å². The highest BCUT2D eigenvalue weighted by Gasteiger charge is 2.39. The van der Waals surface area contributed by atoms with Crippen LogP contribution in [-0.2, 0) is 0 Å². The number of Topliss-reactive ketones (excluding diaryl/α,β-unsaturated/α-hetero) is 1. The fraction of sp³-hybridized carbons (Fsp3) is 0.222. The first-order valence-corrected chi connectivity index (χ1v) is 5.09. The fourth-order valence-corrected chi connectivity index (χ4v) is 1.62. The summed E-state index contributed by atoms with van der Waals surface area (Å²) in [6, 6.07) is 2.12. The Morgan fingerprint density at radius 1 is 1.50 bits per heavy atom. The van der Waals surface area contributed by atoms with Crippen molar-refractivity contribution in [3.63, 3.8) is 0 Å². The molecule has 0 radical (unpaired) electrons. The van der Waals surface area contributed by atoms with Crippen molar-refractivity contribution in [1.82, 2.24) is 0 Å². The topological polar surface area (TPSA) is 26.3 Å². The minimum Gasteiger partial charge on any atom is -0.492 e. The number of ether oxygens (including phenoxy) is 1. The lowest BCUT2D eigenvalue weighted by atomic mass is 10.1. The Morgan fingerprint density at radius 3 is 2.50 bits per heavy atom. The van der Waals surface area contributed by atoms with E-state index < -0.39 is 22.5 Å². The number of carbonyl (C=O) groups is 1. The van der Waals surface area contributed by atoms with Gasteiger partial charge in [0.15, 0.2) is 11.6 Å². The molecule has 1 rings (SSSR count). The summed E-state index contributed by atoms with van der Waals surface area (Å²) in [6.45, 7) is 0. The van der Waals surface area contributed by atoms with E-state index in [0.717, 1.165) is 13.2 Å². The van der Waals surface area contributed by atoms with E-state index in [1.54, 1.807) is 0 Å². The SMILES string of the molecule is COc1c(Br)ccc(C(=O)C(F)(F)Cl)c1F. The molecular weight excluding hydrogens is 312 g/mol. The van der Waals surface area contributed by atoms with Crippen LogP contribution in [-0.4, -0.2) is 18.3 Å². The lowest BCUT2D eigenvalue weighted by Gasteiger charge is -2.10. The van der Waals surface area contributed by atoms with Crippen LogP contribution in [0.4, 0.5) is 13.2 Å². The molecule has 0 heterocycles. The third-order valence-corrected chi connectivity index (χ3v) is 2.55. The number of alkyl halides is 3. The maximum Gasteiger partial charge on any atom is 0.385 e. The van der Waals surface area contributed by atoms with Crippen LogP contribution in [0.25, 0.3) is 0 Å². The molecule has 0 fully saturated rings. The number of ketones is 1. The molecule has 2 nitrogen and oxygen atoms in total. The predicted molar refractivity (Wildman–Crippen MR) is 55.8 cm³/mol. The Bertz CT molecular complexity index is 431. The molecule has 0 N–H and O–H groups in total. The molecule has 7 heteroatoms. The first kappa shape index (κ1) is 13.3. The van der Waals surface area contributed by atoms with E-state index in [0.29, 0.717) is 0 Å². The third kappa shape index (κ3) is 2.49. The zero-order chi connectivity index (χ0) is 12.5. The number of hydrogen-bond donors (Lipinski definition) is 0. The number of carbonyl (C=O) groups excluding carboxylic acids is 1. The molecule has 0 saturated heterocycles. The zero-order valence-electron chi connectivity index (χ0n) is 7.86. The van der Waals surface area contributed by atoms with Crippen LogP contribution >= 0.6 is 27.5 Å². The van der Waals surface area contributed by atoms with Gasteiger partial charge in [0.2, 0.25) is 0 Å². The van der Waals surface area contributed by atoms with Gasteiger partial charge in [-0.25, -0.2) is 4.39 Å². The van der Waals surface area contributed by atoms with Gasteiger partial charge in [-0.3, -0.25) is 4.79 Å². The van der Waals surface area contributed by atoms with Crippen LogP contribution in [0.15, 0.2) is 16.6 Å². The van der Waals surface area contributed by atoms with Gasteiger partial charge in [-0.05, 0) is 39.7 Å². The highest BCUT2D eigenvalue weighted by atomic mass is 79.9. The van der Waals surface area contributed by atoms with Gasteiger partial charge in [0, 0.05) is 0 Å². The second-order valence-electron chi connectivity index (χ2n) is 2.77. The van der Waals surface area contributed by atoms with Crippen molar-refractivity contribution in [2.24, 2.45) is 0 Å². The predicted octanol–water partition coefficient (Wildman–Crippen LogP) is 3.61. The molecule has 0 aliphatic rings. The molecule has 0 saturated carbocycles. The quantitative estimate of drug-likeness (QED) is 0.629. The van der Waals surface area contributed by atoms with Crippen LogP contribution in [0.3, 0.4) is 0 Å². The van der Waals surface area contributed by atoms with Gasteiger partial charge >= 0.3 is 5.38 Å². The van der Waals surface area contributed by atoms with Crippen molar-refractivity contribution in [3.8, 4) is 5.75 Å². The number of hydrogen-bond acceptors (Lipinski definition) is 2. The van der Waals surface area contributed by atoms with E-state index in [4.69, 9.17) is 0 Å². The van der Waals surface area contributed by atoms with Gasteiger partial charge in [-0.15, -0.1) is 0 Å². The zero-order valence-corrected chi connectivity index (χ0v) is 10.2. The third-order valence-electron chi connectivity index (χ3n) is 1.76. The molecule has 0 aliphatic heterocycles. The summed E-state index contributed by atoms with van der Waals surface area (Å²) in [4.78, 5) is 11.1. The largest absolute Gasteiger partial charge is 0.492 e.